The standard InChI is InChI=1S/C15H20N4O3S/c1-18(2)23(21,22)10-13-6-4-12(5-7-13)9-16-14-8-15(20)19(3)11-17-14/h4-8,11,16H,9-10H2,1-3H3. The summed E-state index contributed by atoms with van der Waals surface area (Å²) in [5, 5.41) is 3.06. The fourth-order valence-electron chi connectivity index (χ4n) is 1.84. The van der Waals surface area contributed by atoms with Crippen LogP contribution in [0.25, 0.3) is 0 Å². The molecule has 1 heterocycles. The second-order valence-corrected chi connectivity index (χ2v) is 7.61. The molecular formula is C15H20N4O3S. The first-order valence-electron chi connectivity index (χ1n) is 7.02. The van der Waals surface area contributed by atoms with E-state index in [2.05, 4.69) is 10.3 Å². The van der Waals surface area contributed by atoms with Crippen molar-refractivity contribution in [2.45, 2.75) is 12.3 Å². The van der Waals surface area contributed by atoms with Crippen LogP contribution in [-0.2, 0) is 29.4 Å². The van der Waals surface area contributed by atoms with E-state index in [9.17, 15) is 13.2 Å². The van der Waals surface area contributed by atoms with Gasteiger partial charge < -0.3 is 9.88 Å². The second-order valence-electron chi connectivity index (χ2n) is 5.43. The van der Waals surface area contributed by atoms with Crippen LogP contribution in [0.4, 0.5) is 5.82 Å². The van der Waals surface area contributed by atoms with Gasteiger partial charge in [-0.05, 0) is 11.1 Å². The van der Waals surface area contributed by atoms with Crippen LogP contribution in [0.2, 0.25) is 0 Å². The minimum Gasteiger partial charge on any atom is -0.366 e. The number of nitrogens with one attached hydrogen (secondary N) is 1. The third-order valence-corrected chi connectivity index (χ3v) is 5.19. The number of sulfonamides is 1. The van der Waals surface area contributed by atoms with E-state index in [-0.39, 0.29) is 11.3 Å². The van der Waals surface area contributed by atoms with Crippen LogP contribution in [-0.4, -0.2) is 36.4 Å². The summed E-state index contributed by atoms with van der Waals surface area (Å²) in [5.41, 5.74) is 1.57. The number of hydrogen-bond acceptors (Lipinski definition) is 5. The van der Waals surface area contributed by atoms with E-state index in [4.69, 9.17) is 0 Å². The van der Waals surface area contributed by atoms with Crippen LogP contribution in [0.5, 0.6) is 0 Å². The summed E-state index contributed by atoms with van der Waals surface area (Å²) in [4.78, 5) is 15.6. The maximum atomic E-state index is 11.8. The van der Waals surface area contributed by atoms with Crippen molar-refractivity contribution in [2.24, 2.45) is 7.05 Å². The highest BCUT2D eigenvalue weighted by molar-refractivity contribution is 7.88. The monoisotopic (exact) mass is 336 g/mol. The maximum absolute atomic E-state index is 11.8. The summed E-state index contributed by atoms with van der Waals surface area (Å²) < 4.78 is 26.3. The Balaban J connectivity index is 2.00. The number of hydrogen-bond donors (Lipinski definition) is 1. The van der Waals surface area contributed by atoms with Crippen molar-refractivity contribution < 1.29 is 8.42 Å². The molecule has 0 saturated carbocycles. The van der Waals surface area contributed by atoms with Crippen molar-refractivity contribution in [2.75, 3.05) is 19.4 Å². The quantitative estimate of drug-likeness (QED) is 0.843. The fraction of sp³-hybridized carbons (Fsp3) is 0.333. The van der Waals surface area contributed by atoms with Crippen molar-refractivity contribution in [3.63, 3.8) is 0 Å². The van der Waals surface area contributed by atoms with Crippen molar-refractivity contribution in [1.82, 2.24) is 13.9 Å². The molecule has 0 amide bonds. The van der Waals surface area contributed by atoms with Crippen LogP contribution in [0.1, 0.15) is 11.1 Å². The van der Waals surface area contributed by atoms with Gasteiger partial charge in [-0.1, -0.05) is 24.3 Å². The molecule has 0 spiro atoms. The third-order valence-electron chi connectivity index (χ3n) is 3.38. The molecule has 0 saturated heterocycles. The smallest absolute Gasteiger partial charge is 0.255 e. The van der Waals surface area contributed by atoms with E-state index in [1.807, 2.05) is 12.1 Å². The van der Waals surface area contributed by atoms with Crippen molar-refractivity contribution in [3.8, 4) is 0 Å². The zero-order chi connectivity index (χ0) is 17.0. The van der Waals surface area contributed by atoms with Crippen molar-refractivity contribution in [1.29, 1.82) is 0 Å². The Kier molecular flexibility index (Phi) is 5.17. The number of aryl methyl sites for hydroxylation is 1. The van der Waals surface area contributed by atoms with E-state index < -0.39 is 10.0 Å². The van der Waals surface area contributed by atoms with E-state index in [0.29, 0.717) is 12.4 Å². The van der Waals surface area contributed by atoms with Gasteiger partial charge in [0, 0.05) is 33.8 Å². The van der Waals surface area contributed by atoms with Crippen LogP contribution < -0.4 is 10.9 Å². The molecule has 0 fully saturated rings. The van der Waals surface area contributed by atoms with Crippen molar-refractivity contribution in [3.05, 3.63) is 58.1 Å². The normalized spacial score (nSPS) is 11.7. The van der Waals surface area contributed by atoms with Gasteiger partial charge in [-0.3, -0.25) is 4.79 Å². The van der Waals surface area contributed by atoms with Gasteiger partial charge in [0.15, 0.2) is 0 Å². The summed E-state index contributed by atoms with van der Waals surface area (Å²) in [7, 11) is 1.42. The molecule has 0 atom stereocenters. The van der Waals surface area contributed by atoms with Gasteiger partial charge >= 0.3 is 0 Å². The lowest BCUT2D eigenvalue weighted by Gasteiger charge is -2.11. The molecule has 0 aliphatic heterocycles. The number of anilines is 1. The highest BCUT2D eigenvalue weighted by Gasteiger charge is 2.14. The molecule has 124 valence electrons. The first kappa shape index (κ1) is 17.2. The Labute approximate surface area is 135 Å². The second kappa shape index (κ2) is 6.93. The Bertz CT molecular complexity index is 827. The zero-order valence-electron chi connectivity index (χ0n) is 13.4. The summed E-state index contributed by atoms with van der Waals surface area (Å²) in [6.45, 7) is 0.501. The molecule has 1 N–H and O–H groups in total. The lowest BCUT2D eigenvalue weighted by atomic mass is 10.1. The Morgan fingerprint density at radius 1 is 1.17 bits per heavy atom. The first-order valence-corrected chi connectivity index (χ1v) is 8.63. The highest BCUT2D eigenvalue weighted by atomic mass is 32.2. The molecule has 23 heavy (non-hydrogen) atoms. The van der Waals surface area contributed by atoms with Gasteiger partial charge in [-0.2, -0.15) is 0 Å². The van der Waals surface area contributed by atoms with Gasteiger partial charge in [0.05, 0.1) is 12.1 Å². The van der Waals surface area contributed by atoms with E-state index in [1.54, 1.807) is 19.2 Å². The number of benzene rings is 1. The highest BCUT2D eigenvalue weighted by Crippen LogP contribution is 2.11. The summed E-state index contributed by atoms with van der Waals surface area (Å²) >= 11 is 0. The van der Waals surface area contributed by atoms with Gasteiger partial charge in [-0.15, -0.1) is 0 Å². The Morgan fingerprint density at radius 3 is 2.35 bits per heavy atom. The van der Waals surface area contributed by atoms with Crippen LogP contribution >= 0.6 is 0 Å². The Morgan fingerprint density at radius 2 is 1.78 bits per heavy atom. The first-order chi connectivity index (χ1) is 10.8. The zero-order valence-corrected chi connectivity index (χ0v) is 14.2. The number of rotatable bonds is 6. The fourth-order valence-corrected chi connectivity index (χ4v) is 2.72. The number of aromatic nitrogens is 2. The molecule has 0 aliphatic carbocycles. The average molecular weight is 336 g/mol. The molecule has 2 rings (SSSR count). The third kappa shape index (κ3) is 4.64. The minimum atomic E-state index is -3.26. The topological polar surface area (TPSA) is 84.3 Å². The van der Waals surface area contributed by atoms with E-state index in [0.717, 1.165) is 11.1 Å². The van der Waals surface area contributed by atoms with E-state index in [1.165, 1.54) is 35.4 Å². The van der Waals surface area contributed by atoms with Gasteiger partial charge in [0.1, 0.15) is 5.82 Å². The predicted octanol–water partition coefficient (Wildman–Crippen LogP) is 0.784. The Hall–Kier alpha value is -2.19. The summed E-state index contributed by atoms with van der Waals surface area (Å²) in [6.07, 6.45) is 1.46. The molecule has 2 aromatic rings. The van der Waals surface area contributed by atoms with E-state index >= 15 is 0 Å². The largest absolute Gasteiger partial charge is 0.366 e. The van der Waals surface area contributed by atoms with Crippen molar-refractivity contribution >= 4 is 15.8 Å². The minimum absolute atomic E-state index is 0.0238. The molecule has 8 heteroatoms. The van der Waals surface area contributed by atoms with Crippen LogP contribution in [0.3, 0.4) is 0 Å². The molecule has 0 unspecified atom stereocenters. The maximum Gasteiger partial charge on any atom is 0.255 e. The lowest BCUT2D eigenvalue weighted by Crippen LogP contribution is -2.23. The van der Waals surface area contributed by atoms with Gasteiger partial charge in [-0.25, -0.2) is 17.7 Å². The molecule has 7 nitrogen and oxygen atoms in total. The number of nitrogens with zero attached hydrogens (tertiary/aromatic N) is 3. The van der Waals surface area contributed by atoms with Gasteiger partial charge in [0.25, 0.3) is 5.56 Å². The summed E-state index contributed by atoms with van der Waals surface area (Å²) in [6, 6.07) is 8.71. The molecule has 0 aliphatic rings. The summed E-state index contributed by atoms with van der Waals surface area (Å²) in [5.74, 6) is 0.483. The molecular weight excluding hydrogens is 316 g/mol. The van der Waals surface area contributed by atoms with Crippen LogP contribution in [0, 0.1) is 0 Å². The van der Waals surface area contributed by atoms with Gasteiger partial charge in [0.2, 0.25) is 10.0 Å². The molecule has 1 aromatic carbocycles. The van der Waals surface area contributed by atoms with Crippen LogP contribution in [0.15, 0.2) is 41.5 Å². The average Bonchev–Trinajstić information content (AvgIpc) is 2.49. The molecule has 0 radical (unpaired) electrons. The molecule has 0 bridgehead atoms. The predicted molar refractivity (Wildman–Crippen MR) is 89.6 cm³/mol. The molecule has 1 aromatic heterocycles. The SMILES string of the molecule is CN(C)S(=O)(=O)Cc1ccc(CNc2cc(=O)n(C)cn2)cc1. The lowest BCUT2D eigenvalue weighted by molar-refractivity contribution is 0.519.